The molecule has 2 spiro atoms. The van der Waals surface area contributed by atoms with Crippen LogP contribution in [0.15, 0.2) is 146 Å². The van der Waals surface area contributed by atoms with Crippen molar-refractivity contribution < 1.29 is 4.74 Å². The average molecular weight is 615 g/mol. The Hall–Kier alpha value is -5.40. The molecule has 1 saturated carbocycles. The highest BCUT2D eigenvalue weighted by Crippen LogP contribution is 2.64. The molecule has 0 radical (unpaired) electrons. The minimum atomic E-state index is -0.376. The van der Waals surface area contributed by atoms with Crippen molar-refractivity contribution in [3.8, 4) is 44.9 Å². The molecule has 48 heavy (non-hydrogen) atoms. The Kier molecular flexibility index (Phi) is 5.32. The summed E-state index contributed by atoms with van der Waals surface area (Å²) in [5, 5.41) is 2.62. The molecule has 0 saturated heterocycles. The highest BCUT2D eigenvalue weighted by molar-refractivity contribution is 6.06. The number of benzene rings is 7. The largest absolute Gasteiger partial charge is 0.457 e. The van der Waals surface area contributed by atoms with Crippen LogP contribution < -0.4 is 4.74 Å². The zero-order valence-electron chi connectivity index (χ0n) is 26.8. The van der Waals surface area contributed by atoms with Gasteiger partial charge >= 0.3 is 0 Å². The van der Waals surface area contributed by atoms with E-state index in [1.165, 1.54) is 110 Å². The maximum Gasteiger partial charge on any atom is 0.131 e. The van der Waals surface area contributed by atoms with Crippen LogP contribution in [0.5, 0.6) is 11.5 Å². The monoisotopic (exact) mass is 614 g/mol. The molecule has 0 amide bonds. The summed E-state index contributed by atoms with van der Waals surface area (Å²) in [4.78, 5) is 0. The van der Waals surface area contributed by atoms with Crippen molar-refractivity contribution in [1.29, 1.82) is 0 Å². The molecule has 228 valence electrons. The topological polar surface area (TPSA) is 9.23 Å². The molecule has 1 heterocycles. The van der Waals surface area contributed by atoms with Crippen molar-refractivity contribution in [2.45, 2.75) is 42.9 Å². The number of fused-ring (bicyclic) bond motifs is 16. The van der Waals surface area contributed by atoms with Crippen molar-refractivity contribution in [2.24, 2.45) is 0 Å². The van der Waals surface area contributed by atoms with Crippen LogP contribution in [0.3, 0.4) is 0 Å². The smallest absolute Gasteiger partial charge is 0.131 e. The molecule has 7 aromatic carbocycles. The summed E-state index contributed by atoms with van der Waals surface area (Å²) in [6.07, 6.45) is 6.17. The summed E-state index contributed by atoms with van der Waals surface area (Å²) in [6.45, 7) is 0. The van der Waals surface area contributed by atoms with E-state index in [1.807, 2.05) is 0 Å². The van der Waals surface area contributed by atoms with Crippen LogP contribution in [0.4, 0.5) is 0 Å². The van der Waals surface area contributed by atoms with Crippen LogP contribution in [0, 0.1) is 0 Å². The Balaban J connectivity index is 1.16. The van der Waals surface area contributed by atoms with Crippen LogP contribution in [-0.2, 0) is 10.8 Å². The predicted octanol–water partition coefficient (Wildman–Crippen LogP) is 12.2. The van der Waals surface area contributed by atoms with Crippen LogP contribution in [-0.4, -0.2) is 0 Å². The third-order valence-electron chi connectivity index (χ3n) is 12.1. The number of hydrogen-bond donors (Lipinski definition) is 0. The van der Waals surface area contributed by atoms with Crippen molar-refractivity contribution >= 4 is 10.8 Å². The van der Waals surface area contributed by atoms with E-state index in [-0.39, 0.29) is 10.8 Å². The van der Waals surface area contributed by atoms with Gasteiger partial charge in [-0.1, -0.05) is 141 Å². The number of para-hydroxylation sites is 1. The fourth-order valence-corrected chi connectivity index (χ4v) is 10.2. The Morgan fingerprint density at radius 1 is 0.417 bits per heavy atom. The van der Waals surface area contributed by atoms with E-state index in [9.17, 15) is 0 Å². The van der Waals surface area contributed by atoms with Gasteiger partial charge < -0.3 is 4.74 Å². The SMILES string of the molecule is c1ccc2c(c1)Oc1ccc(-c3ccc4c(c3)C3(c5ccccc5-4)c4ccccc4-c4c3ccc3ccccc43)cc1C21CCCCC1. The number of rotatable bonds is 1. The van der Waals surface area contributed by atoms with Crippen molar-refractivity contribution in [2.75, 3.05) is 0 Å². The van der Waals surface area contributed by atoms with Crippen molar-refractivity contribution in [1.82, 2.24) is 0 Å². The molecule has 1 unspecified atom stereocenters. The Morgan fingerprint density at radius 3 is 1.90 bits per heavy atom. The maximum atomic E-state index is 6.60. The quantitative estimate of drug-likeness (QED) is 0.179. The standard InChI is InChI=1S/C47H34O/c1-10-26-46(27-11-1)39-18-8-9-19-43(39)48-44-25-22-32(29-42(44)46)31-20-23-35-34-14-4-6-16-37(34)47(41(35)28-31)38-17-7-5-15-36(38)45-33-13-3-2-12-30(33)21-24-40(45)47/h2-9,12-25,28-29H,1,10-11,26-27H2. The van der Waals surface area contributed by atoms with Gasteiger partial charge in [-0.05, 0) is 104 Å². The lowest BCUT2D eigenvalue weighted by molar-refractivity contribution is 0.306. The van der Waals surface area contributed by atoms with Gasteiger partial charge in [-0.25, -0.2) is 0 Å². The molecule has 7 aromatic rings. The van der Waals surface area contributed by atoms with E-state index >= 15 is 0 Å². The third-order valence-corrected chi connectivity index (χ3v) is 12.1. The lowest BCUT2D eigenvalue weighted by atomic mass is 9.63. The van der Waals surface area contributed by atoms with E-state index in [2.05, 4.69) is 146 Å². The van der Waals surface area contributed by atoms with Gasteiger partial charge in [0.05, 0.1) is 5.41 Å². The van der Waals surface area contributed by atoms with Crippen molar-refractivity contribution in [3.63, 3.8) is 0 Å². The second-order valence-electron chi connectivity index (χ2n) is 14.3. The van der Waals surface area contributed by atoms with Gasteiger partial charge in [-0.2, -0.15) is 0 Å². The first-order chi connectivity index (χ1) is 23.8. The van der Waals surface area contributed by atoms with Gasteiger partial charge in [0.15, 0.2) is 0 Å². The Morgan fingerprint density at radius 2 is 1.04 bits per heavy atom. The van der Waals surface area contributed by atoms with Gasteiger partial charge in [0.2, 0.25) is 0 Å². The summed E-state index contributed by atoms with van der Waals surface area (Å²) in [7, 11) is 0. The number of ether oxygens (including phenoxy) is 1. The van der Waals surface area contributed by atoms with E-state index < -0.39 is 0 Å². The molecule has 1 fully saturated rings. The third kappa shape index (κ3) is 3.27. The highest BCUT2D eigenvalue weighted by atomic mass is 16.5. The molecular weight excluding hydrogens is 581 g/mol. The first kappa shape index (κ1) is 26.6. The zero-order chi connectivity index (χ0) is 31.5. The lowest BCUT2D eigenvalue weighted by Gasteiger charge is -2.43. The zero-order valence-corrected chi connectivity index (χ0v) is 26.8. The van der Waals surface area contributed by atoms with Gasteiger partial charge in [-0.15, -0.1) is 0 Å². The average Bonchev–Trinajstić information content (AvgIpc) is 3.62. The first-order valence-electron chi connectivity index (χ1n) is 17.6. The number of hydrogen-bond acceptors (Lipinski definition) is 1. The molecule has 11 rings (SSSR count). The van der Waals surface area contributed by atoms with Crippen LogP contribution in [0.1, 0.15) is 65.5 Å². The van der Waals surface area contributed by atoms with Gasteiger partial charge in [0.25, 0.3) is 0 Å². The molecule has 1 atom stereocenters. The van der Waals surface area contributed by atoms with Gasteiger partial charge in [-0.3, -0.25) is 0 Å². The van der Waals surface area contributed by atoms with E-state index in [4.69, 9.17) is 4.74 Å². The Bertz CT molecular complexity index is 2480. The minimum Gasteiger partial charge on any atom is -0.457 e. The van der Waals surface area contributed by atoms with E-state index in [0.717, 1.165) is 11.5 Å². The summed E-state index contributed by atoms with van der Waals surface area (Å²) >= 11 is 0. The molecule has 1 nitrogen and oxygen atoms in total. The molecular formula is C47H34O. The maximum absolute atomic E-state index is 6.60. The molecule has 1 heteroatoms. The molecule has 0 N–H and O–H groups in total. The van der Waals surface area contributed by atoms with Gasteiger partial charge in [0, 0.05) is 16.5 Å². The van der Waals surface area contributed by atoms with Crippen LogP contribution in [0.25, 0.3) is 44.2 Å². The fourth-order valence-electron chi connectivity index (χ4n) is 10.2. The van der Waals surface area contributed by atoms with E-state index in [0.29, 0.717) is 0 Å². The summed E-state index contributed by atoms with van der Waals surface area (Å²) in [5.41, 5.74) is 15.8. The molecule has 0 bridgehead atoms. The van der Waals surface area contributed by atoms with Gasteiger partial charge in [0.1, 0.15) is 11.5 Å². The summed E-state index contributed by atoms with van der Waals surface area (Å²) in [6, 6.07) is 54.9. The molecule has 4 aliphatic rings. The first-order valence-corrected chi connectivity index (χ1v) is 17.6. The second-order valence-corrected chi connectivity index (χ2v) is 14.3. The molecule has 0 aromatic heterocycles. The fraction of sp³-hybridized carbons (Fsp3) is 0.149. The second kappa shape index (κ2) is 9.58. The van der Waals surface area contributed by atoms with Crippen molar-refractivity contribution in [3.05, 3.63) is 179 Å². The van der Waals surface area contributed by atoms with Crippen LogP contribution in [0.2, 0.25) is 0 Å². The lowest BCUT2D eigenvalue weighted by Crippen LogP contribution is -2.33. The predicted molar refractivity (Wildman–Crippen MR) is 196 cm³/mol. The van der Waals surface area contributed by atoms with E-state index in [1.54, 1.807) is 0 Å². The highest BCUT2D eigenvalue weighted by Gasteiger charge is 2.52. The van der Waals surface area contributed by atoms with Crippen LogP contribution >= 0.6 is 0 Å². The minimum absolute atomic E-state index is 0.0109. The normalized spacial score (nSPS) is 18.8. The Labute approximate surface area is 281 Å². The molecule has 1 aliphatic heterocycles. The summed E-state index contributed by atoms with van der Waals surface area (Å²) < 4.78 is 6.60. The molecule has 3 aliphatic carbocycles. The summed E-state index contributed by atoms with van der Waals surface area (Å²) in [5.74, 6) is 2.05.